The van der Waals surface area contributed by atoms with Gasteiger partial charge in [0.1, 0.15) is 0 Å². The number of rotatable bonds is 3. The zero-order chi connectivity index (χ0) is 9.97. The minimum atomic E-state index is -0.344. The molecule has 1 aromatic heterocycles. The smallest absolute Gasteiger partial charge is 0.0849 e. The van der Waals surface area contributed by atoms with Crippen molar-refractivity contribution in [1.82, 2.24) is 0 Å². The fourth-order valence-electron chi connectivity index (χ4n) is 1.70. The number of ether oxygens (including phenoxy) is 1. The molecule has 1 fully saturated rings. The maximum Gasteiger partial charge on any atom is 0.0849 e. The van der Waals surface area contributed by atoms with Gasteiger partial charge in [0.05, 0.1) is 12.2 Å². The highest BCUT2D eigenvalue weighted by Crippen LogP contribution is 2.24. The van der Waals surface area contributed by atoms with E-state index < -0.39 is 0 Å². The molecular formula is C10H13BrO2S. The van der Waals surface area contributed by atoms with E-state index in [1.807, 2.05) is 5.38 Å². The van der Waals surface area contributed by atoms with Crippen LogP contribution in [0.15, 0.2) is 15.9 Å². The largest absolute Gasteiger partial charge is 0.390 e. The Kier molecular flexibility index (Phi) is 3.60. The molecule has 0 bridgehead atoms. The molecule has 0 spiro atoms. The van der Waals surface area contributed by atoms with E-state index in [9.17, 15) is 5.11 Å². The third-order valence-corrected chi connectivity index (χ3v) is 4.15. The van der Waals surface area contributed by atoms with Crippen LogP contribution in [0.25, 0.3) is 0 Å². The number of thiophene rings is 1. The Balaban J connectivity index is 1.90. The summed E-state index contributed by atoms with van der Waals surface area (Å²) in [6.45, 7) is 0.801. The summed E-state index contributed by atoms with van der Waals surface area (Å²) < 4.78 is 6.53. The first-order valence-corrected chi connectivity index (χ1v) is 6.45. The quantitative estimate of drug-likeness (QED) is 0.920. The molecule has 2 nitrogen and oxygen atoms in total. The van der Waals surface area contributed by atoms with E-state index in [4.69, 9.17) is 4.74 Å². The minimum Gasteiger partial charge on any atom is -0.390 e. The van der Waals surface area contributed by atoms with Gasteiger partial charge in [-0.25, -0.2) is 0 Å². The van der Waals surface area contributed by atoms with E-state index in [0.29, 0.717) is 6.42 Å². The Morgan fingerprint density at radius 1 is 1.71 bits per heavy atom. The zero-order valence-electron chi connectivity index (χ0n) is 7.78. The number of aliphatic hydroxyl groups excluding tert-OH is 1. The Morgan fingerprint density at radius 3 is 3.14 bits per heavy atom. The van der Waals surface area contributed by atoms with Crippen LogP contribution >= 0.6 is 27.3 Å². The van der Waals surface area contributed by atoms with Gasteiger partial charge in [0.2, 0.25) is 0 Å². The van der Waals surface area contributed by atoms with Gasteiger partial charge in [0.15, 0.2) is 0 Å². The third kappa shape index (κ3) is 2.57. The summed E-state index contributed by atoms with van der Waals surface area (Å²) in [5.41, 5.74) is 0. The van der Waals surface area contributed by atoms with Crippen molar-refractivity contribution in [3.63, 3.8) is 0 Å². The molecule has 1 aliphatic heterocycles. The summed E-state index contributed by atoms with van der Waals surface area (Å²) >= 11 is 5.08. The van der Waals surface area contributed by atoms with Crippen LogP contribution in [0.5, 0.6) is 0 Å². The second-order valence-corrected chi connectivity index (χ2v) is 5.47. The number of halogens is 1. The van der Waals surface area contributed by atoms with Crippen LogP contribution < -0.4 is 0 Å². The highest BCUT2D eigenvalue weighted by molar-refractivity contribution is 9.10. The van der Waals surface area contributed by atoms with Crippen LogP contribution in [0, 0.1) is 0 Å². The van der Waals surface area contributed by atoms with Gasteiger partial charge in [0, 0.05) is 27.8 Å². The molecule has 0 amide bonds. The Hall–Kier alpha value is 0.1000. The monoisotopic (exact) mass is 276 g/mol. The van der Waals surface area contributed by atoms with Crippen molar-refractivity contribution in [2.24, 2.45) is 0 Å². The van der Waals surface area contributed by atoms with Crippen molar-refractivity contribution in [3.05, 3.63) is 20.8 Å². The number of aliphatic hydroxyl groups is 1. The van der Waals surface area contributed by atoms with Crippen LogP contribution in [0.1, 0.15) is 17.7 Å². The number of hydrogen-bond acceptors (Lipinski definition) is 3. The molecule has 14 heavy (non-hydrogen) atoms. The summed E-state index contributed by atoms with van der Waals surface area (Å²) in [7, 11) is 0. The molecule has 1 aromatic rings. The summed E-state index contributed by atoms with van der Waals surface area (Å²) in [5.74, 6) is 0. The fraction of sp³-hybridized carbons (Fsp3) is 0.600. The van der Waals surface area contributed by atoms with Gasteiger partial charge < -0.3 is 9.84 Å². The molecule has 2 rings (SSSR count). The van der Waals surface area contributed by atoms with E-state index in [-0.39, 0.29) is 12.2 Å². The minimum absolute atomic E-state index is 0.0517. The average molecular weight is 277 g/mol. The molecule has 0 aromatic carbocycles. The van der Waals surface area contributed by atoms with Gasteiger partial charge in [0.25, 0.3) is 0 Å². The van der Waals surface area contributed by atoms with E-state index in [2.05, 4.69) is 22.0 Å². The topological polar surface area (TPSA) is 29.5 Å². The van der Waals surface area contributed by atoms with E-state index in [1.54, 1.807) is 11.3 Å². The predicted molar refractivity (Wildman–Crippen MR) is 60.7 cm³/mol. The van der Waals surface area contributed by atoms with E-state index in [1.165, 1.54) is 4.88 Å². The molecule has 78 valence electrons. The van der Waals surface area contributed by atoms with Gasteiger partial charge >= 0.3 is 0 Å². The van der Waals surface area contributed by atoms with Crippen LogP contribution in [0.4, 0.5) is 0 Å². The normalized spacial score (nSPS) is 24.0. The Morgan fingerprint density at radius 2 is 2.57 bits per heavy atom. The fourth-order valence-corrected chi connectivity index (χ4v) is 3.21. The van der Waals surface area contributed by atoms with Gasteiger partial charge in [-0.1, -0.05) is 0 Å². The molecular weight excluding hydrogens is 264 g/mol. The lowest BCUT2D eigenvalue weighted by molar-refractivity contribution is -0.000401. The second-order valence-electron chi connectivity index (χ2n) is 3.55. The van der Waals surface area contributed by atoms with Gasteiger partial charge in [-0.15, -0.1) is 11.3 Å². The lowest BCUT2D eigenvalue weighted by Gasteiger charge is -2.16. The molecule has 2 heterocycles. The van der Waals surface area contributed by atoms with Gasteiger partial charge in [-0.2, -0.15) is 0 Å². The molecule has 0 aliphatic carbocycles. The van der Waals surface area contributed by atoms with Crippen molar-refractivity contribution >= 4 is 27.3 Å². The maximum absolute atomic E-state index is 9.88. The SMILES string of the molecule is OC(Cc1cc(Br)cs1)C1CCCO1. The molecule has 0 radical (unpaired) electrons. The molecule has 2 atom stereocenters. The Labute approximate surface area is 96.0 Å². The predicted octanol–water partition coefficient (Wildman–Crippen LogP) is 2.59. The summed E-state index contributed by atoms with van der Waals surface area (Å²) in [4.78, 5) is 1.21. The van der Waals surface area contributed by atoms with Crippen molar-refractivity contribution in [3.8, 4) is 0 Å². The highest BCUT2D eigenvalue weighted by Gasteiger charge is 2.24. The maximum atomic E-state index is 9.88. The Bertz CT molecular complexity index is 294. The first kappa shape index (κ1) is 10.6. The molecule has 0 saturated carbocycles. The van der Waals surface area contributed by atoms with Crippen LogP contribution in [0.2, 0.25) is 0 Å². The molecule has 1 aliphatic rings. The molecule has 1 N–H and O–H groups in total. The molecule has 2 unspecified atom stereocenters. The molecule has 1 saturated heterocycles. The molecule has 4 heteroatoms. The van der Waals surface area contributed by atoms with Crippen LogP contribution in [0.3, 0.4) is 0 Å². The summed E-state index contributed by atoms with van der Waals surface area (Å²) in [5, 5.41) is 11.9. The summed E-state index contributed by atoms with van der Waals surface area (Å²) in [6, 6.07) is 2.06. The number of hydrogen-bond donors (Lipinski definition) is 1. The van der Waals surface area contributed by atoms with Gasteiger partial charge in [-0.3, -0.25) is 0 Å². The highest BCUT2D eigenvalue weighted by atomic mass is 79.9. The summed E-state index contributed by atoms with van der Waals surface area (Å²) in [6.07, 6.45) is 2.49. The van der Waals surface area contributed by atoms with E-state index >= 15 is 0 Å². The lowest BCUT2D eigenvalue weighted by Crippen LogP contribution is -2.26. The zero-order valence-corrected chi connectivity index (χ0v) is 10.2. The average Bonchev–Trinajstić information content (AvgIpc) is 2.75. The van der Waals surface area contributed by atoms with Crippen molar-refractivity contribution in [1.29, 1.82) is 0 Å². The second kappa shape index (κ2) is 4.75. The standard InChI is InChI=1S/C10H13BrO2S/c11-7-4-8(14-6-7)5-9(12)10-2-1-3-13-10/h4,6,9-10,12H,1-3,5H2. The van der Waals surface area contributed by atoms with Crippen molar-refractivity contribution < 1.29 is 9.84 Å². The third-order valence-electron chi connectivity index (χ3n) is 2.43. The van der Waals surface area contributed by atoms with Crippen molar-refractivity contribution in [2.45, 2.75) is 31.5 Å². The van der Waals surface area contributed by atoms with Crippen LogP contribution in [-0.4, -0.2) is 23.9 Å². The first-order chi connectivity index (χ1) is 6.75. The first-order valence-electron chi connectivity index (χ1n) is 4.78. The van der Waals surface area contributed by atoms with Crippen molar-refractivity contribution in [2.75, 3.05) is 6.61 Å². The van der Waals surface area contributed by atoms with Crippen LogP contribution in [-0.2, 0) is 11.2 Å². The lowest BCUT2D eigenvalue weighted by atomic mass is 10.1. The van der Waals surface area contributed by atoms with Gasteiger partial charge in [-0.05, 0) is 34.8 Å². The van der Waals surface area contributed by atoms with E-state index in [0.717, 1.165) is 23.9 Å².